The number of fused-ring (bicyclic) bond motifs is 2. The molecule has 0 bridgehead atoms. The molecule has 0 saturated carbocycles. The van der Waals surface area contributed by atoms with Crippen molar-refractivity contribution >= 4 is 55.2 Å². The normalized spacial score (nSPS) is 18.3. The van der Waals surface area contributed by atoms with Gasteiger partial charge in [-0.2, -0.15) is 21.6 Å². The summed E-state index contributed by atoms with van der Waals surface area (Å²) in [5.41, 5.74) is 5.67. The van der Waals surface area contributed by atoms with Crippen molar-refractivity contribution in [3.8, 4) is 28.4 Å². The number of nitrogens with zero attached hydrogens (tertiary/aromatic N) is 7. The zero-order valence-electron chi connectivity index (χ0n) is 42.1. The third-order valence-electron chi connectivity index (χ3n) is 12.3. The molecular weight excluding hydrogens is 1010 g/mol. The summed E-state index contributed by atoms with van der Waals surface area (Å²) in [5.74, 6) is 0.173. The molecule has 6 aromatic rings. The maximum absolute atomic E-state index is 12.8. The first-order chi connectivity index (χ1) is 36.0. The van der Waals surface area contributed by atoms with Gasteiger partial charge in [0.15, 0.2) is 0 Å². The number of rotatable bonds is 10. The first-order valence-corrected chi connectivity index (χ1v) is 26.2. The van der Waals surface area contributed by atoms with Crippen molar-refractivity contribution in [2.45, 2.75) is 51.5 Å². The largest absolute Gasteiger partial charge is 0.534 e. The minimum atomic E-state index is -5.87. The molecule has 4 N–H and O–H groups in total. The highest BCUT2D eigenvalue weighted by Crippen LogP contribution is 2.34. The number of aromatic nitrogens is 4. The van der Waals surface area contributed by atoms with Gasteiger partial charge in [0.25, 0.3) is 0 Å². The molecule has 2 unspecified atom stereocenters. The third-order valence-corrected chi connectivity index (χ3v) is 13.2. The highest BCUT2D eigenvalue weighted by Gasteiger charge is 2.49. The predicted octanol–water partition coefficient (Wildman–Crippen LogP) is 7.11. The number of ether oxygens (including phenoxy) is 5. The van der Waals surface area contributed by atoms with Crippen LogP contribution in [0.1, 0.15) is 28.2 Å². The zero-order chi connectivity index (χ0) is 53.0. The lowest BCUT2D eigenvalue weighted by Gasteiger charge is -2.33. The Labute approximate surface area is 441 Å². The quantitative estimate of drug-likeness (QED) is 0.0919. The summed E-state index contributed by atoms with van der Waals surface area (Å²) in [7, 11) is -5.87. The van der Waals surface area contributed by atoms with Gasteiger partial charge in [0.1, 0.15) is 11.4 Å². The molecule has 2 atom stereocenters. The van der Waals surface area contributed by atoms with Crippen LogP contribution in [0.4, 0.5) is 35.2 Å². The second-order valence-corrected chi connectivity index (χ2v) is 20.4. The van der Waals surface area contributed by atoms with E-state index < -0.39 is 27.1 Å². The van der Waals surface area contributed by atoms with E-state index in [1.54, 1.807) is 23.1 Å². The molecule has 4 aromatic heterocycles. The van der Waals surface area contributed by atoms with E-state index in [1.165, 1.54) is 24.0 Å². The fourth-order valence-electron chi connectivity index (χ4n) is 8.41. The van der Waals surface area contributed by atoms with E-state index in [-0.39, 0.29) is 42.3 Å². The minimum absolute atomic E-state index is 0. The standard InChI is InChI=1S/C23H27N5O2.C19H16F3N3O4S.C10H20N2O3.CH4/c1-2-20-22(25-7-1)14-21(27-23(20)26-16-19-15-24-8-11-30-19)17-3-5-18(6-4-17)28-9-12-29-13-10-28;20-19(21,22)30(26,27)29-18-15-2-1-7-23-17(15)12-16(24-18)13-3-5-14(6-4-13)25-8-10-28-11-9-25;1-10(2,3)15-9(13)12-4-5-14-8(6-11)7-12;/h1-7,14,19,24H,8-13,15-16H2,(H,26,27);1-7,12H,8-11H2;8H,4-7,11H2,1-3H3;1H4. The summed E-state index contributed by atoms with van der Waals surface area (Å²) in [4.78, 5) is 35.5. The number of alkyl halides is 3. The molecule has 0 aliphatic carbocycles. The molecule has 4 fully saturated rings. The Balaban J connectivity index is 0.000000174. The molecule has 1 amide bonds. The molecule has 19 nitrogen and oxygen atoms in total. The minimum Gasteiger partial charge on any atom is -0.444 e. The predicted molar refractivity (Wildman–Crippen MR) is 286 cm³/mol. The van der Waals surface area contributed by atoms with Crippen LogP contribution in [0.15, 0.2) is 97.3 Å². The van der Waals surface area contributed by atoms with Gasteiger partial charge < -0.3 is 58.9 Å². The molecule has 4 aliphatic heterocycles. The Kier molecular flexibility index (Phi) is 19.6. The molecule has 8 heterocycles. The Hall–Kier alpha value is -6.47. The second kappa shape index (κ2) is 26.1. The van der Waals surface area contributed by atoms with Crippen molar-refractivity contribution in [1.82, 2.24) is 30.2 Å². The van der Waals surface area contributed by atoms with Crippen molar-refractivity contribution in [3.63, 3.8) is 0 Å². The van der Waals surface area contributed by atoms with Crippen molar-refractivity contribution in [1.29, 1.82) is 0 Å². The molecule has 0 spiro atoms. The molecule has 4 saturated heterocycles. The number of hydrogen-bond acceptors (Lipinski definition) is 18. The second-order valence-electron chi connectivity index (χ2n) is 18.8. The first-order valence-electron chi connectivity index (χ1n) is 24.8. The molecule has 410 valence electrons. The number of anilines is 3. The topological polar surface area (TPSA) is 218 Å². The lowest BCUT2D eigenvalue weighted by atomic mass is 10.1. The average molecular weight is 1080 g/mol. The molecule has 0 radical (unpaired) electrons. The number of pyridine rings is 4. The highest BCUT2D eigenvalue weighted by molar-refractivity contribution is 7.88. The Morgan fingerprint density at radius 2 is 1.29 bits per heavy atom. The van der Waals surface area contributed by atoms with Crippen LogP contribution >= 0.6 is 0 Å². The van der Waals surface area contributed by atoms with Gasteiger partial charge in [-0.3, -0.25) is 9.97 Å². The Morgan fingerprint density at radius 3 is 1.82 bits per heavy atom. The van der Waals surface area contributed by atoms with Crippen LogP contribution in [0.3, 0.4) is 0 Å². The molecule has 76 heavy (non-hydrogen) atoms. The van der Waals surface area contributed by atoms with Crippen LogP contribution < -0.4 is 30.4 Å². The number of benzene rings is 2. The SMILES string of the molecule is C.CC(C)(C)OC(=O)N1CCOC(CN)C1.O=S(=O)(Oc1nc(-c2ccc(N3CCOCC3)cc2)cc2ncccc12)C(F)(F)F.c1cnc2cc(-c3ccc(N4CCOCC4)cc3)nc(NCC3CNCCO3)c2c1. The summed E-state index contributed by atoms with van der Waals surface area (Å²) < 4.78 is 93.0. The summed E-state index contributed by atoms with van der Waals surface area (Å²) in [5, 5.41) is 7.94. The van der Waals surface area contributed by atoms with Crippen LogP contribution in [0.2, 0.25) is 0 Å². The number of nitrogens with one attached hydrogen (secondary N) is 2. The zero-order valence-corrected chi connectivity index (χ0v) is 42.9. The van der Waals surface area contributed by atoms with Crippen molar-refractivity contribution in [2.75, 3.05) is 120 Å². The van der Waals surface area contributed by atoms with Gasteiger partial charge in [-0.15, -0.1) is 0 Å². The van der Waals surface area contributed by atoms with Gasteiger partial charge in [-0.05, 0) is 81.4 Å². The maximum Gasteiger partial charge on any atom is 0.534 e. The van der Waals surface area contributed by atoms with E-state index in [1.807, 2.05) is 45.2 Å². The van der Waals surface area contributed by atoms with Crippen LogP contribution in [-0.4, -0.2) is 168 Å². The molecule has 4 aliphatic rings. The van der Waals surface area contributed by atoms with E-state index in [2.05, 4.69) is 76.0 Å². The molecular formula is C53H67F3N10O9S. The smallest absolute Gasteiger partial charge is 0.444 e. The van der Waals surface area contributed by atoms with Gasteiger partial charge in [0.05, 0.1) is 86.2 Å². The van der Waals surface area contributed by atoms with Crippen molar-refractivity contribution in [3.05, 3.63) is 97.3 Å². The van der Waals surface area contributed by atoms with Crippen LogP contribution in [0.25, 0.3) is 44.3 Å². The highest BCUT2D eigenvalue weighted by atomic mass is 32.2. The van der Waals surface area contributed by atoms with Gasteiger partial charge in [0, 0.05) is 99.2 Å². The third kappa shape index (κ3) is 15.4. The van der Waals surface area contributed by atoms with Gasteiger partial charge in [-0.1, -0.05) is 31.7 Å². The number of hydrogen-bond donors (Lipinski definition) is 3. The fraction of sp³-hybridized carbons (Fsp3) is 0.453. The maximum atomic E-state index is 12.8. The van der Waals surface area contributed by atoms with E-state index in [0.717, 1.165) is 92.8 Å². The van der Waals surface area contributed by atoms with Crippen molar-refractivity contribution < 1.29 is 54.3 Å². The van der Waals surface area contributed by atoms with Crippen LogP contribution in [0.5, 0.6) is 5.88 Å². The number of carbonyl (C=O) groups excluding carboxylic acids is 1. The number of amides is 1. The number of morpholine rings is 4. The lowest BCUT2D eigenvalue weighted by Crippen LogP contribution is -2.49. The Bertz CT molecular complexity index is 2940. The number of nitrogens with two attached hydrogens (primary N) is 1. The Morgan fingerprint density at radius 1 is 0.750 bits per heavy atom. The molecule has 10 rings (SSSR count). The monoisotopic (exact) mass is 1080 g/mol. The van der Waals surface area contributed by atoms with Crippen LogP contribution in [0, 0.1) is 0 Å². The fourth-order valence-corrected chi connectivity index (χ4v) is 8.84. The lowest BCUT2D eigenvalue weighted by molar-refractivity contribution is -0.0501. The summed E-state index contributed by atoms with van der Waals surface area (Å²) in [6.07, 6.45) is 3.06. The van der Waals surface area contributed by atoms with Crippen LogP contribution in [-0.2, 0) is 33.8 Å². The van der Waals surface area contributed by atoms with E-state index in [4.69, 9.17) is 34.4 Å². The number of carbonyl (C=O) groups is 1. The number of halogens is 3. The van der Waals surface area contributed by atoms with Gasteiger partial charge in [0.2, 0.25) is 5.88 Å². The average Bonchev–Trinajstić information content (AvgIpc) is 3.43. The van der Waals surface area contributed by atoms with E-state index in [9.17, 15) is 26.4 Å². The van der Waals surface area contributed by atoms with Gasteiger partial charge in [-0.25, -0.2) is 14.8 Å². The summed E-state index contributed by atoms with van der Waals surface area (Å²) >= 11 is 0. The summed E-state index contributed by atoms with van der Waals surface area (Å²) in [6, 6.07) is 26.3. The first kappa shape index (κ1) is 57.2. The molecule has 2 aromatic carbocycles. The van der Waals surface area contributed by atoms with Crippen molar-refractivity contribution in [2.24, 2.45) is 5.73 Å². The van der Waals surface area contributed by atoms with E-state index >= 15 is 0 Å². The summed E-state index contributed by atoms with van der Waals surface area (Å²) in [6.45, 7) is 17.1. The molecule has 23 heteroatoms. The van der Waals surface area contributed by atoms with Gasteiger partial charge >= 0.3 is 21.7 Å². The van der Waals surface area contributed by atoms with E-state index in [0.29, 0.717) is 51.6 Å².